The summed E-state index contributed by atoms with van der Waals surface area (Å²) in [7, 11) is 1.62. The quantitative estimate of drug-likeness (QED) is 0.624. The lowest BCUT2D eigenvalue weighted by molar-refractivity contribution is -0.100. The third-order valence-corrected chi connectivity index (χ3v) is 3.16. The summed E-state index contributed by atoms with van der Waals surface area (Å²) in [5.41, 5.74) is 0.203. The lowest BCUT2D eigenvalue weighted by atomic mass is 9.59. The molecule has 0 aromatic carbocycles. The molecule has 0 aromatic heterocycles. The molecule has 0 heterocycles. The van der Waals surface area contributed by atoms with Crippen LogP contribution in [0.5, 0.6) is 0 Å². The van der Waals surface area contributed by atoms with E-state index in [9.17, 15) is 0 Å². The molecule has 0 saturated heterocycles. The standard InChI is InChI=1S/C11H10N2O/c1-14-11-3-2-8(6-12)4-9(11)5-10(11)7-13/h2-4,9-10H,5H2,1H3. The topological polar surface area (TPSA) is 56.8 Å². The molecular formula is C11H10N2O. The van der Waals surface area contributed by atoms with Gasteiger partial charge in [-0.2, -0.15) is 10.5 Å². The van der Waals surface area contributed by atoms with Gasteiger partial charge < -0.3 is 4.74 Å². The van der Waals surface area contributed by atoms with Crippen LogP contribution < -0.4 is 0 Å². The van der Waals surface area contributed by atoms with Gasteiger partial charge in [0, 0.05) is 18.6 Å². The highest BCUT2D eigenvalue weighted by Crippen LogP contribution is 2.50. The molecule has 0 amide bonds. The predicted octanol–water partition coefficient (Wildman–Crippen LogP) is 1.55. The van der Waals surface area contributed by atoms with E-state index >= 15 is 0 Å². The molecule has 3 nitrogen and oxygen atoms in total. The molecule has 0 aromatic rings. The summed E-state index contributed by atoms with van der Waals surface area (Å²) in [4.78, 5) is 0. The Hall–Kier alpha value is -1.58. The van der Waals surface area contributed by atoms with Crippen LogP contribution in [-0.4, -0.2) is 12.7 Å². The maximum atomic E-state index is 8.89. The minimum Gasteiger partial charge on any atom is -0.372 e. The fourth-order valence-electron chi connectivity index (χ4n) is 2.24. The zero-order valence-corrected chi connectivity index (χ0v) is 7.90. The number of fused-ring (bicyclic) bond motifs is 1. The van der Waals surface area contributed by atoms with Crippen molar-refractivity contribution in [1.29, 1.82) is 10.5 Å². The normalized spacial score (nSPS) is 38.6. The lowest BCUT2D eigenvalue weighted by Gasteiger charge is -2.50. The number of allylic oxidation sites excluding steroid dienone is 2. The van der Waals surface area contributed by atoms with E-state index in [2.05, 4.69) is 12.1 Å². The Labute approximate surface area is 82.9 Å². The van der Waals surface area contributed by atoms with Gasteiger partial charge in [-0.25, -0.2) is 0 Å². The smallest absolute Gasteiger partial charge is 0.108 e. The summed E-state index contributed by atoms with van der Waals surface area (Å²) in [6, 6.07) is 4.34. The molecule has 0 bridgehead atoms. The highest BCUT2D eigenvalue weighted by atomic mass is 16.5. The third-order valence-electron chi connectivity index (χ3n) is 3.16. The van der Waals surface area contributed by atoms with Crippen LogP contribution in [0.25, 0.3) is 0 Å². The first-order valence-corrected chi connectivity index (χ1v) is 4.52. The minimum atomic E-state index is -0.463. The van der Waals surface area contributed by atoms with Gasteiger partial charge in [0.1, 0.15) is 5.60 Å². The summed E-state index contributed by atoms with van der Waals surface area (Å²) >= 11 is 0. The average molecular weight is 186 g/mol. The van der Waals surface area contributed by atoms with Crippen molar-refractivity contribution in [3.8, 4) is 12.1 Å². The van der Waals surface area contributed by atoms with Gasteiger partial charge in [-0.05, 0) is 18.6 Å². The number of hydrogen-bond acceptors (Lipinski definition) is 3. The maximum absolute atomic E-state index is 8.89. The van der Waals surface area contributed by atoms with E-state index in [4.69, 9.17) is 15.3 Å². The SMILES string of the molecule is COC12C=CC(C#N)=CC1CC2C#N. The zero-order chi connectivity index (χ0) is 10.2. The molecule has 2 rings (SSSR count). The summed E-state index contributed by atoms with van der Waals surface area (Å²) in [5.74, 6) is 0.113. The Morgan fingerprint density at radius 3 is 2.86 bits per heavy atom. The van der Waals surface area contributed by atoms with E-state index in [1.54, 1.807) is 13.2 Å². The largest absolute Gasteiger partial charge is 0.372 e. The van der Waals surface area contributed by atoms with Gasteiger partial charge in [-0.15, -0.1) is 0 Å². The highest BCUT2D eigenvalue weighted by molar-refractivity contribution is 5.43. The number of nitrogens with zero attached hydrogens (tertiary/aromatic N) is 2. The second-order valence-electron chi connectivity index (χ2n) is 3.65. The second-order valence-corrected chi connectivity index (χ2v) is 3.65. The van der Waals surface area contributed by atoms with Crippen LogP contribution in [0.2, 0.25) is 0 Å². The summed E-state index contributed by atoms with van der Waals surface area (Å²) in [6.45, 7) is 0. The molecule has 2 aliphatic carbocycles. The van der Waals surface area contributed by atoms with Gasteiger partial charge >= 0.3 is 0 Å². The zero-order valence-electron chi connectivity index (χ0n) is 7.90. The van der Waals surface area contributed by atoms with Crippen LogP contribution in [0.3, 0.4) is 0 Å². The Balaban J connectivity index is 2.31. The van der Waals surface area contributed by atoms with Crippen molar-refractivity contribution < 1.29 is 4.74 Å². The van der Waals surface area contributed by atoms with Crippen molar-refractivity contribution in [3.05, 3.63) is 23.8 Å². The summed E-state index contributed by atoms with van der Waals surface area (Å²) < 4.78 is 5.41. The van der Waals surface area contributed by atoms with Crippen molar-refractivity contribution >= 4 is 0 Å². The molecule has 2 aliphatic rings. The van der Waals surface area contributed by atoms with Crippen molar-refractivity contribution in [2.75, 3.05) is 7.11 Å². The first-order valence-electron chi connectivity index (χ1n) is 4.52. The Morgan fingerprint density at radius 1 is 1.57 bits per heavy atom. The van der Waals surface area contributed by atoms with Crippen molar-refractivity contribution in [3.63, 3.8) is 0 Å². The molecule has 0 N–H and O–H groups in total. The molecule has 3 unspecified atom stereocenters. The van der Waals surface area contributed by atoms with Crippen LogP contribution in [0.1, 0.15) is 6.42 Å². The molecule has 0 aliphatic heterocycles. The van der Waals surface area contributed by atoms with Gasteiger partial charge in [0.05, 0.1) is 18.1 Å². The number of hydrogen-bond donors (Lipinski definition) is 0. The molecular weight excluding hydrogens is 176 g/mol. The van der Waals surface area contributed by atoms with Gasteiger partial charge in [0.2, 0.25) is 0 Å². The van der Waals surface area contributed by atoms with Gasteiger partial charge in [0.25, 0.3) is 0 Å². The van der Waals surface area contributed by atoms with Gasteiger partial charge in [0.15, 0.2) is 0 Å². The monoisotopic (exact) mass is 186 g/mol. The molecule has 0 radical (unpaired) electrons. The van der Waals surface area contributed by atoms with Crippen molar-refractivity contribution in [2.45, 2.75) is 12.0 Å². The van der Waals surface area contributed by atoms with E-state index in [1.807, 2.05) is 12.2 Å². The van der Waals surface area contributed by atoms with Crippen molar-refractivity contribution in [2.24, 2.45) is 11.8 Å². The molecule has 1 fully saturated rings. The van der Waals surface area contributed by atoms with E-state index in [-0.39, 0.29) is 11.8 Å². The average Bonchev–Trinajstić information content (AvgIpc) is 2.20. The first-order chi connectivity index (χ1) is 6.76. The molecule has 3 atom stereocenters. The fraction of sp³-hybridized carbons (Fsp3) is 0.455. The first kappa shape index (κ1) is 8.99. The van der Waals surface area contributed by atoms with Crippen LogP contribution in [0.4, 0.5) is 0 Å². The Morgan fingerprint density at radius 2 is 2.36 bits per heavy atom. The van der Waals surface area contributed by atoms with Crippen molar-refractivity contribution in [1.82, 2.24) is 0 Å². The highest BCUT2D eigenvalue weighted by Gasteiger charge is 2.54. The maximum Gasteiger partial charge on any atom is 0.108 e. The van der Waals surface area contributed by atoms with E-state index in [1.165, 1.54) is 0 Å². The van der Waals surface area contributed by atoms with E-state index in [0.29, 0.717) is 5.57 Å². The minimum absolute atomic E-state index is 0.0785. The Kier molecular flexibility index (Phi) is 1.91. The molecule has 70 valence electrons. The predicted molar refractivity (Wildman–Crippen MR) is 49.8 cm³/mol. The summed E-state index contributed by atoms with van der Waals surface area (Å²) in [6.07, 6.45) is 6.29. The van der Waals surface area contributed by atoms with Gasteiger partial charge in [-0.3, -0.25) is 0 Å². The Bertz CT molecular complexity index is 396. The molecule has 0 spiro atoms. The number of methoxy groups -OCH3 is 1. The van der Waals surface area contributed by atoms with Crippen LogP contribution in [0.15, 0.2) is 23.8 Å². The number of nitriles is 2. The van der Waals surface area contributed by atoms with Crippen LogP contribution in [-0.2, 0) is 4.74 Å². The molecule has 14 heavy (non-hydrogen) atoms. The fourth-order valence-corrected chi connectivity index (χ4v) is 2.24. The number of rotatable bonds is 1. The van der Waals surface area contributed by atoms with E-state index in [0.717, 1.165) is 6.42 Å². The lowest BCUT2D eigenvalue weighted by Crippen LogP contribution is -2.55. The number of ether oxygens (including phenoxy) is 1. The van der Waals surface area contributed by atoms with Crippen LogP contribution >= 0.6 is 0 Å². The summed E-state index contributed by atoms with van der Waals surface area (Å²) in [5, 5.41) is 17.6. The van der Waals surface area contributed by atoms with E-state index < -0.39 is 5.60 Å². The molecule has 3 heteroatoms. The van der Waals surface area contributed by atoms with Gasteiger partial charge in [-0.1, -0.05) is 6.08 Å². The third kappa shape index (κ3) is 0.937. The molecule has 1 saturated carbocycles. The second kappa shape index (κ2) is 2.97. The van der Waals surface area contributed by atoms with Crippen LogP contribution in [0, 0.1) is 34.5 Å².